The zero-order valence-electron chi connectivity index (χ0n) is 14.4. The number of nitrogens with two attached hydrogens (primary N) is 1. The lowest BCUT2D eigenvalue weighted by Crippen LogP contribution is -2.44. The van der Waals surface area contributed by atoms with E-state index in [4.69, 9.17) is 5.73 Å². The molecule has 0 aliphatic rings. The lowest BCUT2D eigenvalue weighted by Gasteiger charge is -2.27. The Balaban J connectivity index is 2.06. The number of rotatable bonds is 5. The summed E-state index contributed by atoms with van der Waals surface area (Å²) in [6.07, 6.45) is 1.38. The van der Waals surface area contributed by atoms with Crippen LogP contribution in [0.25, 0.3) is 17.2 Å². The van der Waals surface area contributed by atoms with Crippen molar-refractivity contribution in [1.82, 2.24) is 29.4 Å². The monoisotopic (exact) mass is 345 g/mol. The number of anilines is 1. The highest BCUT2D eigenvalue weighted by atomic mass is 16.6. The summed E-state index contributed by atoms with van der Waals surface area (Å²) < 4.78 is 2.88. The first-order chi connectivity index (χ1) is 11.7. The molecule has 0 saturated carbocycles. The Kier molecular flexibility index (Phi) is 3.87. The summed E-state index contributed by atoms with van der Waals surface area (Å²) in [5.74, 6) is 0.786. The fraction of sp³-hybridized carbons (Fsp3) is 0.429. The molecule has 0 amide bonds. The van der Waals surface area contributed by atoms with Crippen LogP contribution in [0.5, 0.6) is 0 Å². The topological polar surface area (TPSA) is 133 Å². The molecule has 0 aliphatic heterocycles. The van der Waals surface area contributed by atoms with Gasteiger partial charge in [0.15, 0.2) is 11.3 Å². The normalized spacial score (nSPS) is 11.9. The van der Waals surface area contributed by atoms with Crippen LogP contribution in [0.15, 0.2) is 18.3 Å². The summed E-state index contributed by atoms with van der Waals surface area (Å²) in [5.41, 5.74) is 6.66. The van der Waals surface area contributed by atoms with Gasteiger partial charge >= 0.3 is 5.95 Å². The molecule has 0 saturated heterocycles. The van der Waals surface area contributed by atoms with E-state index in [1.807, 2.05) is 31.9 Å². The van der Waals surface area contributed by atoms with Crippen molar-refractivity contribution in [3.05, 3.63) is 28.4 Å². The van der Waals surface area contributed by atoms with Crippen molar-refractivity contribution in [2.24, 2.45) is 12.8 Å². The predicted molar refractivity (Wildman–Crippen MR) is 91.2 cm³/mol. The lowest BCUT2D eigenvalue weighted by molar-refractivity contribution is -0.396. The van der Waals surface area contributed by atoms with Gasteiger partial charge in [0, 0.05) is 19.1 Å². The van der Waals surface area contributed by atoms with Crippen LogP contribution in [0.3, 0.4) is 0 Å². The van der Waals surface area contributed by atoms with Crippen LogP contribution in [0.1, 0.15) is 13.8 Å². The Morgan fingerprint density at radius 2 is 2.08 bits per heavy atom. The maximum absolute atomic E-state index is 11.0. The smallest absolute Gasteiger partial charge is 0.390 e. The van der Waals surface area contributed by atoms with E-state index in [1.165, 1.54) is 15.3 Å². The van der Waals surface area contributed by atoms with Gasteiger partial charge in [-0.25, -0.2) is 4.57 Å². The zero-order chi connectivity index (χ0) is 18.4. The van der Waals surface area contributed by atoms with Crippen LogP contribution < -0.4 is 10.6 Å². The van der Waals surface area contributed by atoms with Crippen molar-refractivity contribution in [3.63, 3.8) is 0 Å². The molecule has 0 fully saturated rings. The third-order valence-corrected chi connectivity index (χ3v) is 3.64. The van der Waals surface area contributed by atoms with Crippen LogP contribution in [0, 0.1) is 10.1 Å². The molecule has 3 aromatic heterocycles. The van der Waals surface area contributed by atoms with Gasteiger partial charge in [0.1, 0.15) is 12.0 Å². The maximum Gasteiger partial charge on any atom is 0.434 e. The Morgan fingerprint density at radius 1 is 1.36 bits per heavy atom. The highest BCUT2D eigenvalue weighted by molar-refractivity contribution is 5.57. The highest BCUT2D eigenvalue weighted by Crippen LogP contribution is 2.22. The second-order valence-electron chi connectivity index (χ2n) is 6.59. The van der Waals surface area contributed by atoms with Gasteiger partial charge in [0.05, 0.1) is 7.05 Å². The molecule has 3 aromatic rings. The second-order valence-corrected chi connectivity index (χ2v) is 6.59. The maximum atomic E-state index is 11.0. The number of nitrogens with zero attached hydrogens (tertiary/aromatic N) is 8. The van der Waals surface area contributed by atoms with Crippen LogP contribution in [-0.2, 0) is 7.05 Å². The van der Waals surface area contributed by atoms with Gasteiger partial charge < -0.3 is 20.7 Å². The van der Waals surface area contributed by atoms with Gasteiger partial charge in [-0.15, -0.1) is 15.3 Å². The van der Waals surface area contributed by atoms with Crippen molar-refractivity contribution in [2.75, 3.05) is 18.5 Å². The first-order valence-electron chi connectivity index (χ1n) is 7.56. The summed E-state index contributed by atoms with van der Waals surface area (Å²) in [6, 6.07) is 3.61. The Morgan fingerprint density at radius 3 is 2.68 bits per heavy atom. The van der Waals surface area contributed by atoms with Gasteiger partial charge in [0.25, 0.3) is 0 Å². The van der Waals surface area contributed by atoms with Crippen LogP contribution >= 0.6 is 0 Å². The molecule has 3 rings (SSSR count). The molecule has 0 aromatic carbocycles. The highest BCUT2D eigenvalue weighted by Gasteiger charge is 2.23. The Labute approximate surface area is 143 Å². The molecule has 11 heteroatoms. The third-order valence-electron chi connectivity index (χ3n) is 3.64. The van der Waals surface area contributed by atoms with E-state index in [2.05, 4.69) is 20.3 Å². The summed E-state index contributed by atoms with van der Waals surface area (Å²) in [4.78, 5) is 16.2. The van der Waals surface area contributed by atoms with Gasteiger partial charge in [-0.2, -0.15) is 4.52 Å². The number of hydrogen-bond acceptors (Lipinski definition) is 8. The van der Waals surface area contributed by atoms with Crippen molar-refractivity contribution in [1.29, 1.82) is 0 Å². The van der Waals surface area contributed by atoms with E-state index in [-0.39, 0.29) is 11.5 Å². The molecule has 132 valence electrons. The number of aromatic nitrogens is 6. The van der Waals surface area contributed by atoms with Gasteiger partial charge in [-0.1, -0.05) is 4.98 Å². The SMILES string of the molecule is CN(CC(C)(C)N)c1ccc2nnc(-c3cnc([N+](=O)[O-])n3C)n2n1. The molecular weight excluding hydrogens is 326 g/mol. The Hall–Kier alpha value is -3.08. The lowest BCUT2D eigenvalue weighted by atomic mass is 10.1. The summed E-state index contributed by atoms with van der Waals surface area (Å²) in [6.45, 7) is 4.46. The summed E-state index contributed by atoms with van der Waals surface area (Å²) in [7, 11) is 3.44. The number of likely N-dealkylation sites (N-methyl/N-ethyl adjacent to an activating group) is 1. The van der Waals surface area contributed by atoms with Crippen LogP contribution in [0.4, 0.5) is 11.8 Å². The van der Waals surface area contributed by atoms with Crippen LogP contribution in [-0.4, -0.2) is 53.4 Å². The van der Waals surface area contributed by atoms with Gasteiger partial charge in [-0.3, -0.25) is 0 Å². The minimum Gasteiger partial charge on any atom is -0.390 e. The second kappa shape index (κ2) is 5.77. The molecule has 25 heavy (non-hydrogen) atoms. The number of hydrogen-bond donors (Lipinski definition) is 1. The minimum atomic E-state index is -0.553. The third kappa shape index (κ3) is 3.13. The number of fused-ring (bicyclic) bond motifs is 1. The van der Waals surface area contributed by atoms with E-state index in [0.717, 1.165) is 0 Å². The molecule has 0 bridgehead atoms. The predicted octanol–water partition coefficient (Wildman–Crippen LogP) is 0.606. The number of nitro groups is 1. The largest absolute Gasteiger partial charge is 0.434 e. The molecule has 11 nitrogen and oxygen atoms in total. The summed E-state index contributed by atoms with van der Waals surface area (Å²) >= 11 is 0. The minimum absolute atomic E-state index is 0.273. The molecule has 2 N–H and O–H groups in total. The molecule has 0 unspecified atom stereocenters. The molecule has 0 spiro atoms. The Bertz CT molecular complexity index is 938. The average molecular weight is 345 g/mol. The summed E-state index contributed by atoms with van der Waals surface area (Å²) in [5, 5.41) is 23.7. The standard InChI is InChI=1S/C14H19N9O2/c1-14(2,15)8-20(3)11-6-5-10-17-18-12(22(10)19-11)9-7-16-13(21(9)4)23(24)25/h5-7H,8,15H2,1-4H3. The number of imidazole rings is 1. The fourth-order valence-corrected chi connectivity index (χ4v) is 2.61. The van der Waals surface area contributed by atoms with Gasteiger partial charge in [0.2, 0.25) is 5.82 Å². The van der Waals surface area contributed by atoms with E-state index < -0.39 is 4.92 Å². The molecule has 0 radical (unpaired) electrons. The molecule has 0 aliphatic carbocycles. The van der Waals surface area contributed by atoms with Crippen molar-refractivity contribution >= 4 is 17.4 Å². The van der Waals surface area contributed by atoms with Gasteiger partial charge in [-0.05, 0) is 30.9 Å². The van der Waals surface area contributed by atoms with Crippen LogP contribution in [0.2, 0.25) is 0 Å². The zero-order valence-corrected chi connectivity index (χ0v) is 14.4. The van der Waals surface area contributed by atoms with Crippen molar-refractivity contribution in [2.45, 2.75) is 19.4 Å². The quantitative estimate of drug-likeness (QED) is 0.525. The molecular formula is C14H19N9O2. The first-order valence-corrected chi connectivity index (χ1v) is 7.56. The molecule has 3 heterocycles. The van der Waals surface area contributed by atoms with E-state index in [1.54, 1.807) is 13.1 Å². The van der Waals surface area contributed by atoms with Crippen molar-refractivity contribution in [3.8, 4) is 11.5 Å². The fourth-order valence-electron chi connectivity index (χ4n) is 2.61. The average Bonchev–Trinajstić information content (AvgIpc) is 3.07. The molecule has 0 atom stereocenters. The van der Waals surface area contributed by atoms with E-state index in [9.17, 15) is 10.1 Å². The van der Waals surface area contributed by atoms with Crippen molar-refractivity contribution < 1.29 is 4.92 Å². The van der Waals surface area contributed by atoms with E-state index in [0.29, 0.717) is 29.5 Å². The first kappa shape index (κ1) is 16.8. The van der Waals surface area contributed by atoms with E-state index >= 15 is 0 Å².